The molecule has 1 atom stereocenters. The minimum atomic E-state index is -0.430. The Hall–Kier alpha value is -1.39. The molecule has 0 saturated carbocycles. The largest absolute Gasteiger partial charge is 0.388 e. The zero-order valence-electron chi connectivity index (χ0n) is 13.1. The Bertz CT molecular complexity index is 499. The number of nitrogens with zero attached hydrogens (tertiary/aromatic N) is 1. The number of carbonyl (C=O) groups is 1. The molecule has 1 aliphatic heterocycles. The lowest BCUT2D eigenvalue weighted by molar-refractivity contribution is -0.136. The van der Waals surface area contributed by atoms with Crippen LogP contribution in [-0.4, -0.2) is 36.2 Å². The second kappa shape index (κ2) is 7.05. The minimum absolute atomic E-state index is 0.0243. The normalized spacial score (nSPS) is 16.0. The zero-order valence-corrected chi connectivity index (χ0v) is 13.1. The first-order valence-electron chi connectivity index (χ1n) is 7.57. The lowest BCUT2D eigenvalue weighted by Crippen LogP contribution is -2.38. The van der Waals surface area contributed by atoms with Crippen LogP contribution in [0.25, 0.3) is 0 Å². The maximum atomic E-state index is 11.9. The van der Waals surface area contributed by atoms with Crippen molar-refractivity contribution in [1.82, 2.24) is 4.90 Å². The summed E-state index contributed by atoms with van der Waals surface area (Å²) in [7, 11) is 1.54. The van der Waals surface area contributed by atoms with E-state index in [1.807, 2.05) is 11.0 Å². The molecular formula is C17H25NO3. The van der Waals surface area contributed by atoms with Crippen LogP contribution in [0.2, 0.25) is 0 Å². The first-order chi connectivity index (χ1) is 10.0. The molecule has 1 unspecified atom stereocenters. The van der Waals surface area contributed by atoms with E-state index in [4.69, 9.17) is 4.74 Å². The fourth-order valence-corrected chi connectivity index (χ4v) is 2.79. The number of methoxy groups -OCH3 is 1. The van der Waals surface area contributed by atoms with Crippen LogP contribution in [-0.2, 0) is 22.5 Å². The van der Waals surface area contributed by atoms with Gasteiger partial charge in [0.05, 0.1) is 6.10 Å². The van der Waals surface area contributed by atoms with Crippen molar-refractivity contribution in [3.05, 3.63) is 34.9 Å². The number of ether oxygens (including phenoxy) is 1. The molecule has 2 rings (SSSR count). The number of benzene rings is 1. The molecule has 4 heteroatoms. The quantitative estimate of drug-likeness (QED) is 0.905. The summed E-state index contributed by atoms with van der Waals surface area (Å²) in [5.74, 6) is 0.479. The fraction of sp³-hybridized carbons (Fsp3) is 0.588. The Morgan fingerprint density at radius 2 is 2.14 bits per heavy atom. The van der Waals surface area contributed by atoms with Crippen molar-refractivity contribution in [3.8, 4) is 0 Å². The van der Waals surface area contributed by atoms with Gasteiger partial charge in [-0.1, -0.05) is 32.0 Å². The van der Waals surface area contributed by atoms with Gasteiger partial charge in [0, 0.05) is 20.2 Å². The predicted molar refractivity (Wildman–Crippen MR) is 81.9 cm³/mol. The molecule has 21 heavy (non-hydrogen) atoms. The van der Waals surface area contributed by atoms with Gasteiger partial charge in [-0.25, -0.2) is 0 Å². The average molecular weight is 291 g/mol. The molecule has 0 spiro atoms. The second-order valence-electron chi connectivity index (χ2n) is 6.17. The van der Waals surface area contributed by atoms with E-state index in [2.05, 4.69) is 26.0 Å². The maximum Gasteiger partial charge on any atom is 0.248 e. The Morgan fingerprint density at radius 1 is 1.38 bits per heavy atom. The van der Waals surface area contributed by atoms with Gasteiger partial charge in [-0.3, -0.25) is 4.79 Å². The molecule has 1 amide bonds. The Kier molecular flexibility index (Phi) is 5.37. The number of rotatable bonds is 5. The summed E-state index contributed by atoms with van der Waals surface area (Å²) in [6, 6.07) is 6.15. The molecule has 0 saturated heterocycles. The van der Waals surface area contributed by atoms with Crippen LogP contribution in [0, 0.1) is 5.92 Å². The molecule has 1 heterocycles. The van der Waals surface area contributed by atoms with Crippen molar-refractivity contribution in [3.63, 3.8) is 0 Å². The number of aliphatic hydroxyl groups excluding tert-OH is 1. The molecule has 0 bridgehead atoms. The highest BCUT2D eigenvalue weighted by Crippen LogP contribution is 2.26. The Morgan fingerprint density at radius 3 is 2.81 bits per heavy atom. The lowest BCUT2D eigenvalue weighted by atomic mass is 9.93. The van der Waals surface area contributed by atoms with Gasteiger partial charge >= 0.3 is 0 Å². The van der Waals surface area contributed by atoms with Crippen molar-refractivity contribution >= 4 is 5.91 Å². The molecule has 0 aliphatic carbocycles. The molecule has 1 aromatic carbocycles. The summed E-state index contributed by atoms with van der Waals surface area (Å²) in [5.41, 5.74) is 3.37. The standard InChI is InChI=1S/C17H25NO3/c1-12(2)8-16(19)14-5-4-13-6-7-18(10-15(13)9-14)17(20)11-21-3/h4-5,9,12,16,19H,6-8,10-11H2,1-3H3. The molecule has 116 valence electrons. The van der Waals surface area contributed by atoms with Crippen LogP contribution < -0.4 is 0 Å². The first-order valence-corrected chi connectivity index (χ1v) is 7.57. The highest BCUT2D eigenvalue weighted by Gasteiger charge is 2.21. The highest BCUT2D eigenvalue weighted by molar-refractivity contribution is 5.77. The van der Waals surface area contributed by atoms with Crippen molar-refractivity contribution in [1.29, 1.82) is 0 Å². The molecule has 0 radical (unpaired) electrons. The van der Waals surface area contributed by atoms with Crippen LogP contribution in [0.1, 0.15) is 43.1 Å². The lowest BCUT2D eigenvalue weighted by Gasteiger charge is -2.29. The average Bonchev–Trinajstić information content (AvgIpc) is 2.45. The van der Waals surface area contributed by atoms with Gasteiger partial charge in [0.2, 0.25) is 5.91 Å². The van der Waals surface area contributed by atoms with E-state index in [0.717, 1.165) is 30.5 Å². The van der Waals surface area contributed by atoms with E-state index in [0.29, 0.717) is 12.5 Å². The summed E-state index contributed by atoms with van der Waals surface area (Å²) in [5, 5.41) is 10.3. The molecule has 0 aromatic heterocycles. The maximum absolute atomic E-state index is 11.9. The van der Waals surface area contributed by atoms with E-state index in [9.17, 15) is 9.90 Å². The van der Waals surface area contributed by atoms with Crippen molar-refractivity contribution in [2.45, 2.75) is 39.3 Å². The Labute approximate surface area is 126 Å². The van der Waals surface area contributed by atoms with E-state index in [1.54, 1.807) is 0 Å². The third-order valence-electron chi connectivity index (χ3n) is 3.94. The number of fused-ring (bicyclic) bond motifs is 1. The van der Waals surface area contributed by atoms with Crippen LogP contribution >= 0.6 is 0 Å². The number of hydrogen-bond acceptors (Lipinski definition) is 3. The van der Waals surface area contributed by atoms with E-state index in [-0.39, 0.29) is 12.5 Å². The number of amides is 1. The summed E-state index contributed by atoms with van der Waals surface area (Å²) < 4.78 is 4.92. The Balaban J connectivity index is 2.12. The molecule has 0 fully saturated rings. The first kappa shape index (κ1) is 16.0. The minimum Gasteiger partial charge on any atom is -0.388 e. The van der Waals surface area contributed by atoms with Crippen LogP contribution in [0.4, 0.5) is 0 Å². The molecule has 1 N–H and O–H groups in total. The van der Waals surface area contributed by atoms with Gasteiger partial charge in [-0.15, -0.1) is 0 Å². The van der Waals surface area contributed by atoms with Gasteiger partial charge in [-0.2, -0.15) is 0 Å². The van der Waals surface area contributed by atoms with Crippen LogP contribution in [0.15, 0.2) is 18.2 Å². The highest BCUT2D eigenvalue weighted by atomic mass is 16.5. The summed E-state index contributed by atoms with van der Waals surface area (Å²) in [4.78, 5) is 13.7. The van der Waals surface area contributed by atoms with Gasteiger partial charge in [-0.05, 0) is 35.4 Å². The topological polar surface area (TPSA) is 49.8 Å². The molecular weight excluding hydrogens is 266 g/mol. The summed E-state index contributed by atoms with van der Waals surface area (Å²) >= 11 is 0. The van der Waals surface area contributed by atoms with E-state index >= 15 is 0 Å². The number of carbonyl (C=O) groups excluding carboxylic acids is 1. The van der Waals surface area contributed by atoms with Gasteiger partial charge in [0.1, 0.15) is 6.61 Å². The third kappa shape index (κ3) is 4.05. The molecule has 4 nitrogen and oxygen atoms in total. The van der Waals surface area contributed by atoms with E-state index < -0.39 is 6.10 Å². The number of aliphatic hydroxyl groups is 1. The van der Waals surface area contributed by atoms with Crippen molar-refractivity contribution in [2.75, 3.05) is 20.3 Å². The van der Waals surface area contributed by atoms with Gasteiger partial charge in [0.15, 0.2) is 0 Å². The zero-order chi connectivity index (χ0) is 15.4. The summed E-state index contributed by atoms with van der Waals surface area (Å²) in [6.07, 6.45) is 1.19. The molecule has 1 aromatic rings. The number of hydrogen-bond donors (Lipinski definition) is 1. The van der Waals surface area contributed by atoms with Crippen molar-refractivity contribution in [2.24, 2.45) is 5.92 Å². The molecule has 1 aliphatic rings. The SMILES string of the molecule is COCC(=O)N1CCc2ccc(C(O)CC(C)C)cc2C1. The van der Waals surface area contributed by atoms with E-state index in [1.165, 1.54) is 12.7 Å². The predicted octanol–water partition coefficient (Wildman–Crippen LogP) is 2.30. The summed E-state index contributed by atoms with van der Waals surface area (Å²) in [6.45, 7) is 5.69. The van der Waals surface area contributed by atoms with Crippen molar-refractivity contribution < 1.29 is 14.6 Å². The van der Waals surface area contributed by atoms with Crippen LogP contribution in [0.3, 0.4) is 0 Å². The fourth-order valence-electron chi connectivity index (χ4n) is 2.79. The third-order valence-corrected chi connectivity index (χ3v) is 3.94. The second-order valence-corrected chi connectivity index (χ2v) is 6.17. The smallest absolute Gasteiger partial charge is 0.248 e. The van der Waals surface area contributed by atoms with Crippen LogP contribution in [0.5, 0.6) is 0 Å². The monoisotopic (exact) mass is 291 g/mol. The van der Waals surface area contributed by atoms with Gasteiger partial charge < -0.3 is 14.7 Å². The van der Waals surface area contributed by atoms with Gasteiger partial charge in [0.25, 0.3) is 0 Å².